The summed E-state index contributed by atoms with van der Waals surface area (Å²) >= 11 is 6.17. The van der Waals surface area contributed by atoms with Gasteiger partial charge >= 0.3 is 0 Å². The van der Waals surface area contributed by atoms with Crippen molar-refractivity contribution in [2.24, 2.45) is 0 Å². The van der Waals surface area contributed by atoms with Gasteiger partial charge in [0.2, 0.25) is 5.91 Å². The molecular formula is C22H26ClN3O. The fraction of sp³-hybridized carbons (Fsp3) is 0.455. The monoisotopic (exact) mass is 383 g/mol. The number of halogens is 1. The van der Waals surface area contributed by atoms with Gasteiger partial charge in [0, 0.05) is 36.4 Å². The van der Waals surface area contributed by atoms with Crippen LogP contribution in [0.1, 0.15) is 49.7 Å². The molecule has 0 atom stereocenters. The van der Waals surface area contributed by atoms with Crippen molar-refractivity contribution >= 4 is 23.3 Å². The number of anilines is 1. The third-order valence-corrected chi connectivity index (χ3v) is 6.22. The molecule has 4 nitrogen and oxygen atoms in total. The van der Waals surface area contributed by atoms with Crippen molar-refractivity contribution in [3.05, 3.63) is 58.7 Å². The first-order chi connectivity index (χ1) is 13.2. The highest BCUT2D eigenvalue weighted by molar-refractivity contribution is 6.30. The molecule has 1 aliphatic carbocycles. The van der Waals surface area contributed by atoms with E-state index in [2.05, 4.69) is 21.3 Å². The van der Waals surface area contributed by atoms with Crippen LogP contribution in [-0.4, -0.2) is 24.0 Å². The standard InChI is InChI=1S/C22H26ClN3O/c23-19-9-4-8-18(15-19)22(10-6-11-22)21(27)25-16-17-7-5-12-24-20(17)26-13-2-1-3-14-26/h4-5,7-9,12,15H,1-3,6,10-11,13-14,16H2,(H,25,27). The van der Waals surface area contributed by atoms with E-state index in [1.54, 1.807) is 0 Å². The van der Waals surface area contributed by atoms with E-state index < -0.39 is 5.41 Å². The van der Waals surface area contributed by atoms with Gasteiger partial charge in [-0.15, -0.1) is 0 Å². The molecule has 5 heteroatoms. The lowest BCUT2D eigenvalue weighted by Crippen LogP contribution is -2.49. The fourth-order valence-corrected chi connectivity index (χ4v) is 4.46. The van der Waals surface area contributed by atoms with Crippen LogP contribution in [0.5, 0.6) is 0 Å². The minimum absolute atomic E-state index is 0.101. The number of hydrogen-bond acceptors (Lipinski definition) is 3. The number of piperidine rings is 1. The maximum atomic E-state index is 13.1. The predicted octanol–water partition coefficient (Wildman–Crippen LogP) is 4.46. The fourth-order valence-electron chi connectivity index (χ4n) is 4.27. The van der Waals surface area contributed by atoms with Crippen LogP contribution in [0.2, 0.25) is 5.02 Å². The van der Waals surface area contributed by atoms with E-state index in [4.69, 9.17) is 11.6 Å². The van der Waals surface area contributed by atoms with Crippen LogP contribution in [0.25, 0.3) is 0 Å². The highest BCUT2D eigenvalue weighted by Crippen LogP contribution is 2.44. The first-order valence-corrected chi connectivity index (χ1v) is 10.3. The van der Waals surface area contributed by atoms with Crippen molar-refractivity contribution in [2.75, 3.05) is 18.0 Å². The molecule has 0 spiro atoms. The van der Waals surface area contributed by atoms with Gasteiger partial charge in [-0.05, 0) is 55.9 Å². The zero-order chi connectivity index (χ0) is 18.7. The van der Waals surface area contributed by atoms with Gasteiger partial charge in [0.05, 0.1) is 5.41 Å². The van der Waals surface area contributed by atoms with Crippen LogP contribution in [-0.2, 0) is 16.8 Å². The Hall–Kier alpha value is -2.07. The normalized spacial score (nSPS) is 18.6. The van der Waals surface area contributed by atoms with Gasteiger partial charge in [0.1, 0.15) is 5.82 Å². The lowest BCUT2D eigenvalue weighted by Gasteiger charge is -2.41. The van der Waals surface area contributed by atoms with Crippen LogP contribution < -0.4 is 10.2 Å². The lowest BCUT2D eigenvalue weighted by atomic mass is 9.64. The molecule has 1 aromatic carbocycles. The first kappa shape index (κ1) is 18.3. The Morgan fingerprint density at radius 1 is 1.11 bits per heavy atom. The average Bonchev–Trinajstić information content (AvgIpc) is 2.66. The van der Waals surface area contributed by atoms with Crippen molar-refractivity contribution in [3.63, 3.8) is 0 Å². The molecule has 1 N–H and O–H groups in total. The van der Waals surface area contributed by atoms with Gasteiger partial charge in [-0.2, -0.15) is 0 Å². The average molecular weight is 384 g/mol. The Balaban J connectivity index is 1.49. The van der Waals surface area contributed by atoms with E-state index in [1.807, 2.05) is 36.5 Å². The predicted molar refractivity (Wildman–Crippen MR) is 109 cm³/mol. The van der Waals surface area contributed by atoms with E-state index in [1.165, 1.54) is 19.3 Å². The Kier molecular flexibility index (Phi) is 5.35. The zero-order valence-electron chi connectivity index (χ0n) is 15.6. The van der Waals surface area contributed by atoms with Crippen LogP contribution >= 0.6 is 11.6 Å². The third kappa shape index (κ3) is 3.68. The highest BCUT2D eigenvalue weighted by Gasteiger charge is 2.45. The minimum Gasteiger partial charge on any atom is -0.356 e. The molecule has 1 aliphatic heterocycles. The molecule has 27 heavy (non-hydrogen) atoms. The second-order valence-corrected chi connectivity index (χ2v) is 8.10. The summed E-state index contributed by atoms with van der Waals surface area (Å²) in [4.78, 5) is 20.1. The number of carbonyl (C=O) groups is 1. The molecule has 2 heterocycles. The smallest absolute Gasteiger partial charge is 0.230 e. The summed E-state index contributed by atoms with van der Waals surface area (Å²) in [5.41, 5.74) is 1.69. The van der Waals surface area contributed by atoms with Crippen LogP contribution in [0.15, 0.2) is 42.6 Å². The molecule has 2 aromatic rings. The number of nitrogens with zero attached hydrogens (tertiary/aromatic N) is 2. The number of pyridine rings is 1. The quantitative estimate of drug-likeness (QED) is 0.828. The summed E-state index contributed by atoms with van der Waals surface area (Å²) in [5, 5.41) is 3.88. The van der Waals surface area contributed by atoms with E-state index in [0.717, 1.165) is 49.3 Å². The largest absolute Gasteiger partial charge is 0.356 e. The van der Waals surface area contributed by atoms with Crippen molar-refractivity contribution in [1.82, 2.24) is 10.3 Å². The van der Waals surface area contributed by atoms with Gasteiger partial charge in [0.15, 0.2) is 0 Å². The maximum Gasteiger partial charge on any atom is 0.230 e. The summed E-state index contributed by atoms with van der Waals surface area (Å²) in [5.74, 6) is 1.12. The van der Waals surface area contributed by atoms with Gasteiger partial charge in [-0.25, -0.2) is 4.98 Å². The van der Waals surface area contributed by atoms with Crippen molar-refractivity contribution < 1.29 is 4.79 Å². The molecule has 0 unspecified atom stereocenters. The molecule has 1 saturated heterocycles. The molecular weight excluding hydrogens is 358 g/mol. The number of benzene rings is 1. The second-order valence-electron chi connectivity index (χ2n) is 7.66. The van der Waals surface area contributed by atoms with E-state index in [-0.39, 0.29) is 5.91 Å². The van der Waals surface area contributed by atoms with Gasteiger partial charge in [-0.1, -0.05) is 36.2 Å². The lowest BCUT2D eigenvalue weighted by molar-refractivity contribution is -0.130. The first-order valence-electron chi connectivity index (χ1n) is 9.92. The Morgan fingerprint density at radius 2 is 1.93 bits per heavy atom. The number of hydrogen-bond donors (Lipinski definition) is 1. The molecule has 1 aromatic heterocycles. The SMILES string of the molecule is O=C(NCc1cccnc1N1CCCCC1)C1(c2cccc(Cl)c2)CCC1. The highest BCUT2D eigenvalue weighted by atomic mass is 35.5. The molecule has 2 aliphatic rings. The molecule has 4 rings (SSSR count). The molecule has 2 fully saturated rings. The number of carbonyl (C=O) groups excluding carboxylic acids is 1. The molecule has 1 amide bonds. The van der Waals surface area contributed by atoms with Gasteiger partial charge in [-0.3, -0.25) is 4.79 Å². The van der Waals surface area contributed by atoms with E-state index in [0.29, 0.717) is 11.6 Å². The van der Waals surface area contributed by atoms with Crippen LogP contribution in [0.4, 0.5) is 5.82 Å². The third-order valence-electron chi connectivity index (χ3n) is 5.98. The minimum atomic E-state index is -0.432. The van der Waals surface area contributed by atoms with Crippen molar-refractivity contribution in [3.8, 4) is 0 Å². The van der Waals surface area contributed by atoms with Crippen molar-refractivity contribution in [2.45, 2.75) is 50.5 Å². The number of nitrogens with one attached hydrogen (secondary N) is 1. The summed E-state index contributed by atoms with van der Waals surface area (Å²) in [6.07, 6.45) is 8.38. The molecule has 0 radical (unpaired) electrons. The van der Waals surface area contributed by atoms with Crippen LogP contribution in [0, 0.1) is 0 Å². The molecule has 142 valence electrons. The molecule has 1 saturated carbocycles. The Labute approximate surface area is 165 Å². The number of rotatable bonds is 5. The Morgan fingerprint density at radius 3 is 2.63 bits per heavy atom. The summed E-state index contributed by atoms with van der Waals surface area (Å²) in [7, 11) is 0. The maximum absolute atomic E-state index is 13.1. The summed E-state index contributed by atoms with van der Waals surface area (Å²) < 4.78 is 0. The second kappa shape index (κ2) is 7.89. The number of amides is 1. The molecule has 0 bridgehead atoms. The van der Waals surface area contributed by atoms with Crippen molar-refractivity contribution in [1.29, 1.82) is 0 Å². The van der Waals surface area contributed by atoms with E-state index in [9.17, 15) is 4.79 Å². The van der Waals surface area contributed by atoms with Gasteiger partial charge < -0.3 is 10.2 Å². The van der Waals surface area contributed by atoms with E-state index >= 15 is 0 Å². The summed E-state index contributed by atoms with van der Waals surface area (Å²) in [6.45, 7) is 2.61. The zero-order valence-corrected chi connectivity index (χ0v) is 16.3. The summed E-state index contributed by atoms with van der Waals surface area (Å²) in [6, 6.07) is 11.8. The van der Waals surface area contributed by atoms with Gasteiger partial charge in [0.25, 0.3) is 0 Å². The Bertz CT molecular complexity index is 813. The topological polar surface area (TPSA) is 45.2 Å². The van der Waals surface area contributed by atoms with Crippen LogP contribution in [0.3, 0.4) is 0 Å². The number of aromatic nitrogens is 1.